The fourth-order valence-corrected chi connectivity index (χ4v) is 3.05. The standard InChI is InChI=1S/C10H17BrO2/c1-2-4-7(11)10-8(12)5-3-6-9(10)13/h7-8,10,12H,2-6H2,1H3. The smallest absolute Gasteiger partial charge is 0.139 e. The third-order valence-corrected chi connectivity index (χ3v) is 3.69. The van der Waals surface area contributed by atoms with Crippen molar-refractivity contribution in [1.29, 1.82) is 0 Å². The molecule has 3 heteroatoms. The number of aliphatic hydroxyl groups excluding tert-OH is 1. The van der Waals surface area contributed by atoms with E-state index < -0.39 is 6.10 Å². The van der Waals surface area contributed by atoms with E-state index in [1.165, 1.54) is 0 Å². The van der Waals surface area contributed by atoms with E-state index in [1.807, 2.05) is 0 Å². The second kappa shape index (κ2) is 5.11. The summed E-state index contributed by atoms with van der Waals surface area (Å²) in [5.74, 6) is 0.0720. The summed E-state index contributed by atoms with van der Waals surface area (Å²) in [6.45, 7) is 2.09. The average molecular weight is 249 g/mol. The van der Waals surface area contributed by atoms with Gasteiger partial charge in [0.2, 0.25) is 0 Å². The lowest BCUT2D eigenvalue weighted by Crippen LogP contribution is -2.38. The van der Waals surface area contributed by atoms with Crippen LogP contribution in [0.1, 0.15) is 39.0 Å². The molecular formula is C10H17BrO2. The van der Waals surface area contributed by atoms with Crippen molar-refractivity contribution in [3.63, 3.8) is 0 Å². The summed E-state index contributed by atoms with van der Waals surface area (Å²) in [5.41, 5.74) is 0. The summed E-state index contributed by atoms with van der Waals surface area (Å²) < 4.78 is 0. The van der Waals surface area contributed by atoms with Gasteiger partial charge in [0, 0.05) is 11.2 Å². The van der Waals surface area contributed by atoms with Crippen molar-refractivity contribution in [2.75, 3.05) is 0 Å². The van der Waals surface area contributed by atoms with Crippen LogP contribution in [0.3, 0.4) is 0 Å². The maximum Gasteiger partial charge on any atom is 0.139 e. The first kappa shape index (κ1) is 11.2. The molecule has 13 heavy (non-hydrogen) atoms. The molecule has 0 aromatic carbocycles. The summed E-state index contributed by atoms with van der Waals surface area (Å²) in [7, 11) is 0. The SMILES string of the molecule is CCCC(Br)C1C(=O)CCCC1O. The van der Waals surface area contributed by atoms with Crippen molar-refractivity contribution in [1.82, 2.24) is 0 Å². The second-order valence-electron chi connectivity index (χ2n) is 3.76. The van der Waals surface area contributed by atoms with Crippen LogP contribution in [0.25, 0.3) is 0 Å². The number of carbonyl (C=O) groups excluding carboxylic acids is 1. The molecule has 1 saturated carbocycles. The van der Waals surface area contributed by atoms with Gasteiger partial charge < -0.3 is 5.11 Å². The number of hydrogen-bond donors (Lipinski definition) is 1. The number of rotatable bonds is 3. The third-order valence-electron chi connectivity index (χ3n) is 2.66. The summed E-state index contributed by atoms with van der Waals surface area (Å²) in [5, 5.41) is 9.69. The van der Waals surface area contributed by atoms with Crippen LogP contribution in [-0.4, -0.2) is 21.8 Å². The fraction of sp³-hybridized carbons (Fsp3) is 0.900. The van der Waals surface area contributed by atoms with E-state index in [4.69, 9.17) is 0 Å². The van der Waals surface area contributed by atoms with Gasteiger partial charge in [0.1, 0.15) is 5.78 Å². The minimum Gasteiger partial charge on any atom is -0.392 e. The van der Waals surface area contributed by atoms with Gasteiger partial charge in [0.05, 0.1) is 12.0 Å². The van der Waals surface area contributed by atoms with Crippen molar-refractivity contribution in [2.45, 2.75) is 50.0 Å². The Morgan fingerprint density at radius 2 is 2.38 bits per heavy atom. The molecule has 0 heterocycles. The van der Waals surface area contributed by atoms with Crippen molar-refractivity contribution in [2.24, 2.45) is 5.92 Å². The lowest BCUT2D eigenvalue weighted by Gasteiger charge is -2.29. The summed E-state index contributed by atoms with van der Waals surface area (Å²) >= 11 is 3.50. The Kier molecular flexibility index (Phi) is 4.39. The van der Waals surface area contributed by atoms with Gasteiger partial charge in [0.25, 0.3) is 0 Å². The Bertz CT molecular complexity index is 182. The quantitative estimate of drug-likeness (QED) is 0.779. The predicted molar refractivity (Wildman–Crippen MR) is 56.0 cm³/mol. The zero-order chi connectivity index (χ0) is 9.84. The van der Waals surface area contributed by atoms with E-state index in [2.05, 4.69) is 22.9 Å². The maximum absolute atomic E-state index is 11.5. The molecule has 1 rings (SSSR count). The van der Waals surface area contributed by atoms with Gasteiger partial charge in [-0.3, -0.25) is 4.79 Å². The molecule has 0 aromatic heterocycles. The number of carbonyl (C=O) groups is 1. The van der Waals surface area contributed by atoms with Crippen molar-refractivity contribution < 1.29 is 9.90 Å². The Morgan fingerprint density at radius 1 is 1.69 bits per heavy atom. The van der Waals surface area contributed by atoms with E-state index in [0.29, 0.717) is 6.42 Å². The van der Waals surface area contributed by atoms with Crippen LogP contribution >= 0.6 is 15.9 Å². The normalized spacial score (nSPS) is 31.8. The monoisotopic (exact) mass is 248 g/mol. The fourth-order valence-electron chi connectivity index (χ4n) is 1.94. The highest BCUT2D eigenvalue weighted by atomic mass is 79.9. The maximum atomic E-state index is 11.5. The van der Waals surface area contributed by atoms with E-state index in [9.17, 15) is 9.90 Å². The highest BCUT2D eigenvalue weighted by molar-refractivity contribution is 9.09. The van der Waals surface area contributed by atoms with E-state index in [0.717, 1.165) is 25.7 Å². The van der Waals surface area contributed by atoms with E-state index >= 15 is 0 Å². The summed E-state index contributed by atoms with van der Waals surface area (Å²) in [6, 6.07) is 0. The van der Waals surface area contributed by atoms with Gasteiger partial charge in [-0.05, 0) is 19.3 Å². The second-order valence-corrected chi connectivity index (χ2v) is 4.93. The topological polar surface area (TPSA) is 37.3 Å². The van der Waals surface area contributed by atoms with Crippen LogP contribution in [-0.2, 0) is 4.79 Å². The molecule has 0 bridgehead atoms. The summed E-state index contributed by atoms with van der Waals surface area (Å²) in [6.07, 6.45) is 3.87. The number of ketones is 1. The molecule has 3 atom stereocenters. The van der Waals surface area contributed by atoms with Crippen LogP contribution in [0.2, 0.25) is 0 Å². The predicted octanol–water partition coefficient (Wildman–Crippen LogP) is 2.28. The van der Waals surface area contributed by atoms with Gasteiger partial charge in [-0.15, -0.1) is 0 Å². The van der Waals surface area contributed by atoms with Gasteiger partial charge >= 0.3 is 0 Å². The van der Waals surface area contributed by atoms with E-state index in [-0.39, 0.29) is 16.5 Å². The van der Waals surface area contributed by atoms with Crippen LogP contribution in [0.5, 0.6) is 0 Å². The number of aliphatic hydroxyl groups is 1. The minimum atomic E-state index is -0.419. The highest BCUT2D eigenvalue weighted by Crippen LogP contribution is 2.30. The molecule has 0 aliphatic heterocycles. The van der Waals surface area contributed by atoms with Crippen LogP contribution in [0.4, 0.5) is 0 Å². The van der Waals surface area contributed by atoms with Gasteiger partial charge in [0.15, 0.2) is 0 Å². The molecule has 0 saturated heterocycles. The molecule has 1 N–H and O–H groups in total. The molecular weight excluding hydrogens is 232 g/mol. The zero-order valence-electron chi connectivity index (χ0n) is 8.00. The lowest BCUT2D eigenvalue weighted by molar-refractivity contribution is -0.129. The first-order chi connectivity index (χ1) is 6.16. The van der Waals surface area contributed by atoms with Crippen LogP contribution in [0, 0.1) is 5.92 Å². The molecule has 1 aliphatic rings. The molecule has 1 fully saturated rings. The Labute approximate surface area is 87.8 Å². The Morgan fingerprint density at radius 3 is 2.92 bits per heavy atom. The van der Waals surface area contributed by atoms with Crippen LogP contribution < -0.4 is 0 Å². The molecule has 0 spiro atoms. The molecule has 3 unspecified atom stereocenters. The molecule has 76 valence electrons. The zero-order valence-corrected chi connectivity index (χ0v) is 9.59. The van der Waals surface area contributed by atoms with E-state index in [1.54, 1.807) is 0 Å². The summed E-state index contributed by atoms with van der Waals surface area (Å²) in [4.78, 5) is 11.7. The Hall–Kier alpha value is 0.110. The number of alkyl halides is 1. The van der Waals surface area contributed by atoms with Crippen molar-refractivity contribution >= 4 is 21.7 Å². The molecule has 2 nitrogen and oxygen atoms in total. The van der Waals surface area contributed by atoms with Crippen molar-refractivity contribution in [3.8, 4) is 0 Å². The molecule has 1 aliphatic carbocycles. The first-order valence-corrected chi connectivity index (χ1v) is 5.93. The van der Waals surface area contributed by atoms with Gasteiger partial charge in [-0.2, -0.15) is 0 Å². The van der Waals surface area contributed by atoms with Gasteiger partial charge in [-0.1, -0.05) is 29.3 Å². The number of halogens is 1. The number of hydrogen-bond acceptors (Lipinski definition) is 2. The highest BCUT2D eigenvalue weighted by Gasteiger charge is 2.34. The minimum absolute atomic E-state index is 0.159. The van der Waals surface area contributed by atoms with Gasteiger partial charge in [-0.25, -0.2) is 0 Å². The first-order valence-electron chi connectivity index (χ1n) is 5.01. The molecule has 0 aromatic rings. The average Bonchev–Trinajstić information content (AvgIpc) is 2.04. The third kappa shape index (κ3) is 2.78. The van der Waals surface area contributed by atoms with Crippen LogP contribution in [0.15, 0.2) is 0 Å². The Balaban J connectivity index is 2.57. The number of Topliss-reactive ketones (excluding diaryl/α,β-unsaturated/α-hetero) is 1. The molecule has 0 radical (unpaired) electrons. The van der Waals surface area contributed by atoms with Crippen molar-refractivity contribution in [3.05, 3.63) is 0 Å². The lowest BCUT2D eigenvalue weighted by atomic mass is 9.82. The molecule has 0 amide bonds. The largest absolute Gasteiger partial charge is 0.392 e.